The topological polar surface area (TPSA) is 83.6 Å². The van der Waals surface area contributed by atoms with Crippen molar-refractivity contribution in [2.24, 2.45) is 11.7 Å². The highest BCUT2D eigenvalue weighted by Crippen LogP contribution is 2.43. The van der Waals surface area contributed by atoms with Gasteiger partial charge in [-0.25, -0.2) is 0 Å². The molecular weight excluding hydrogens is 165 g/mol. The number of hydrogen-bond donors (Lipinski definition) is 3. The Bertz CT molecular complexity index is 152. The molecule has 0 aromatic carbocycles. The summed E-state index contributed by atoms with van der Waals surface area (Å²) in [7, 11) is -4.07. The molecule has 0 aliphatic heterocycles. The average Bonchev–Trinajstić information content (AvgIpc) is 1.88. The molecule has 0 aliphatic rings. The second-order valence-electron chi connectivity index (χ2n) is 2.66. The Morgan fingerprint density at radius 3 is 1.82 bits per heavy atom. The Labute approximate surface area is 67.0 Å². The third-order valence-electron chi connectivity index (χ3n) is 1.92. The van der Waals surface area contributed by atoms with Gasteiger partial charge in [-0.05, 0) is 5.92 Å². The highest BCUT2D eigenvalue weighted by atomic mass is 31.2. The smallest absolute Gasteiger partial charge is 0.323 e. The van der Waals surface area contributed by atoms with Crippen molar-refractivity contribution in [3.63, 3.8) is 0 Å². The molecule has 4 N–H and O–H groups in total. The van der Waals surface area contributed by atoms with Crippen LogP contribution in [0.2, 0.25) is 0 Å². The van der Waals surface area contributed by atoms with Gasteiger partial charge < -0.3 is 15.5 Å². The molecule has 4 nitrogen and oxygen atoms in total. The lowest BCUT2D eigenvalue weighted by atomic mass is 10.0. The second-order valence-corrected chi connectivity index (χ2v) is 4.43. The third kappa shape index (κ3) is 3.34. The fourth-order valence-corrected chi connectivity index (χ4v) is 2.02. The van der Waals surface area contributed by atoms with Gasteiger partial charge in [0, 0.05) is 0 Å². The maximum absolute atomic E-state index is 10.7. The Kier molecular flexibility index (Phi) is 4.26. The summed E-state index contributed by atoms with van der Waals surface area (Å²) in [5.74, 6) is -1.06. The number of hydrogen-bond acceptors (Lipinski definition) is 2. The van der Waals surface area contributed by atoms with Crippen molar-refractivity contribution in [3.05, 3.63) is 0 Å². The van der Waals surface area contributed by atoms with E-state index in [1.54, 1.807) is 0 Å². The summed E-state index contributed by atoms with van der Waals surface area (Å²) >= 11 is 0. The zero-order valence-corrected chi connectivity index (χ0v) is 7.79. The van der Waals surface area contributed by atoms with E-state index < -0.39 is 13.4 Å². The standard InChI is InChI=1S/C6H16NO3P/c1-3-5(4-2)6(7)11(8,9)10/h5-6H,3-4,7H2,1-2H3,(H2,8,9,10). The molecule has 0 aliphatic carbocycles. The molecule has 0 spiro atoms. The zero-order chi connectivity index (χ0) is 9.07. The lowest BCUT2D eigenvalue weighted by Gasteiger charge is -2.21. The predicted octanol–water partition coefficient (Wildman–Crippen LogP) is 0.885. The summed E-state index contributed by atoms with van der Waals surface area (Å²) in [5, 5.41) is 0. The highest BCUT2D eigenvalue weighted by Gasteiger charge is 2.30. The van der Waals surface area contributed by atoms with Crippen molar-refractivity contribution in [2.45, 2.75) is 32.5 Å². The molecular formula is C6H16NO3P. The predicted molar refractivity (Wildman–Crippen MR) is 44.1 cm³/mol. The van der Waals surface area contributed by atoms with Gasteiger partial charge in [0.05, 0.1) is 0 Å². The van der Waals surface area contributed by atoms with Crippen molar-refractivity contribution in [3.8, 4) is 0 Å². The summed E-state index contributed by atoms with van der Waals surface area (Å²) in [6.45, 7) is 3.76. The lowest BCUT2D eigenvalue weighted by molar-refractivity contribution is 0.327. The minimum atomic E-state index is -4.07. The largest absolute Gasteiger partial charge is 0.342 e. The second kappa shape index (κ2) is 4.21. The van der Waals surface area contributed by atoms with Crippen LogP contribution in [-0.2, 0) is 4.57 Å². The quantitative estimate of drug-likeness (QED) is 0.562. The molecule has 5 heteroatoms. The van der Waals surface area contributed by atoms with Gasteiger partial charge in [0.15, 0.2) is 0 Å². The van der Waals surface area contributed by atoms with Crippen molar-refractivity contribution in [2.75, 3.05) is 0 Å². The van der Waals surface area contributed by atoms with E-state index in [1.807, 2.05) is 13.8 Å². The van der Waals surface area contributed by atoms with Gasteiger partial charge in [0.1, 0.15) is 5.78 Å². The molecule has 0 fully saturated rings. The van der Waals surface area contributed by atoms with Gasteiger partial charge in [-0.1, -0.05) is 26.7 Å². The summed E-state index contributed by atoms with van der Waals surface area (Å²) < 4.78 is 10.7. The third-order valence-corrected chi connectivity index (χ3v) is 3.12. The van der Waals surface area contributed by atoms with Gasteiger partial charge in [-0.2, -0.15) is 0 Å². The SMILES string of the molecule is CCC(CC)C(N)P(=O)(O)O. The van der Waals surface area contributed by atoms with E-state index in [0.29, 0.717) is 12.8 Å². The molecule has 0 aromatic heterocycles. The van der Waals surface area contributed by atoms with Gasteiger partial charge in [0.25, 0.3) is 0 Å². The normalized spacial score (nSPS) is 15.5. The first kappa shape index (κ1) is 11.1. The first-order valence-corrected chi connectivity index (χ1v) is 5.42. The Morgan fingerprint density at radius 2 is 1.73 bits per heavy atom. The molecule has 0 saturated heterocycles. The van der Waals surface area contributed by atoms with Crippen LogP contribution in [0.4, 0.5) is 0 Å². The van der Waals surface area contributed by atoms with Crippen LogP contribution < -0.4 is 5.73 Å². The molecule has 1 unspecified atom stereocenters. The molecule has 11 heavy (non-hydrogen) atoms. The maximum atomic E-state index is 10.7. The van der Waals surface area contributed by atoms with Crippen LogP contribution >= 0.6 is 7.60 Å². The molecule has 0 saturated carbocycles. The van der Waals surface area contributed by atoms with E-state index in [-0.39, 0.29) is 5.92 Å². The van der Waals surface area contributed by atoms with Crippen molar-refractivity contribution in [1.82, 2.24) is 0 Å². The first-order chi connectivity index (χ1) is 4.93. The van der Waals surface area contributed by atoms with Crippen LogP contribution in [-0.4, -0.2) is 15.6 Å². The monoisotopic (exact) mass is 181 g/mol. The van der Waals surface area contributed by atoms with Crippen LogP contribution in [0.5, 0.6) is 0 Å². The van der Waals surface area contributed by atoms with Crippen LogP contribution in [0, 0.1) is 5.92 Å². The molecule has 0 amide bonds. The molecule has 0 heterocycles. The van der Waals surface area contributed by atoms with Crippen LogP contribution in [0.3, 0.4) is 0 Å². The van der Waals surface area contributed by atoms with Crippen molar-refractivity contribution >= 4 is 7.60 Å². The van der Waals surface area contributed by atoms with E-state index in [0.717, 1.165) is 0 Å². The molecule has 68 valence electrons. The van der Waals surface area contributed by atoms with Crippen molar-refractivity contribution < 1.29 is 14.4 Å². The Balaban J connectivity index is 4.21. The van der Waals surface area contributed by atoms with Crippen molar-refractivity contribution in [1.29, 1.82) is 0 Å². The molecule has 0 rings (SSSR count). The molecule has 0 bridgehead atoms. The minimum absolute atomic E-state index is 0.0733. The van der Waals surface area contributed by atoms with Gasteiger partial charge in [-0.15, -0.1) is 0 Å². The number of rotatable bonds is 4. The van der Waals surface area contributed by atoms with Gasteiger partial charge >= 0.3 is 7.60 Å². The average molecular weight is 181 g/mol. The van der Waals surface area contributed by atoms with E-state index in [9.17, 15) is 4.57 Å². The van der Waals surface area contributed by atoms with Gasteiger partial charge in [-0.3, -0.25) is 4.57 Å². The summed E-state index contributed by atoms with van der Waals surface area (Å²) in [6, 6.07) is 0. The minimum Gasteiger partial charge on any atom is -0.323 e. The summed E-state index contributed by atoms with van der Waals surface area (Å²) in [4.78, 5) is 17.4. The molecule has 0 radical (unpaired) electrons. The van der Waals surface area contributed by atoms with E-state index in [1.165, 1.54) is 0 Å². The van der Waals surface area contributed by atoms with Crippen LogP contribution in [0.1, 0.15) is 26.7 Å². The molecule has 1 atom stereocenters. The number of nitrogens with two attached hydrogens (primary N) is 1. The first-order valence-electron chi connectivity index (χ1n) is 3.74. The maximum Gasteiger partial charge on any atom is 0.342 e. The van der Waals surface area contributed by atoms with E-state index in [2.05, 4.69) is 0 Å². The van der Waals surface area contributed by atoms with E-state index >= 15 is 0 Å². The zero-order valence-electron chi connectivity index (χ0n) is 6.90. The summed E-state index contributed by atoms with van der Waals surface area (Å²) in [6.07, 6.45) is 1.42. The fraction of sp³-hybridized carbons (Fsp3) is 1.00. The lowest BCUT2D eigenvalue weighted by Crippen LogP contribution is -2.29. The van der Waals surface area contributed by atoms with E-state index in [4.69, 9.17) is 15.5 Å². The highest BCUT2D eigenvalue weighted by molar-refractivity contribution is 7.52. The van der Waals surface area contributed by atoms with Crippen LogP contribution in [0.25, 0.3) is 0 Å². The fourth-order valence-electron chi connectivity index (χ4n) is 1.05. The summed E-state index contributed by atoms with van der Waals surface area (Å²) in [5.41, 5.74) is 5.35. The Morgan fingerprint density at radius 1 is 1.36 bits per heavy atom. The van der Waals surface area contributed by atoms with Gasteiger partial charge in [0.2, 0.25) is 0 Å². The van der Waals surface area contributed by atoms with Crippen LogP contribution in [0.15, 0.2) is 0 Å². The molecule has 0 aromatic rings. The Hall–Kier alpha value is 0.110.